The average molecular weight is 257 g/mol. The summed E-state index contributed by atoms with van der Waals surface area (Å²) in [7, 11) is -2.21. The lowest BCUT2D eigenvalue weighted by atomic mass is 9.51. The first-order chi connectivity index (χ1) is 7.05. The van der Waals surface area contributed by atoms with Crippen molar-refractivity contribution in [2.45, 2.75) is 72.1 Å². The van der Waals surface area contributed by atoms with Crippen molar-refractivity contribution in [2.75, 3.05) is 6.54 Å². The minimum absolute atomic E-state index is 0.868. The summed E-state index contributed by atoms with van der Waals surface area (Å²) in [6, 6.07) is 0. The van der Waals surface area contributed by atoms with Crippen LogP contribution in [0.1, 0.15) is 12.8 Å². The zero-order valence-electron chi connectivity index (χ0n) is 12.9. The van der Waals surface area contributed by atoms with E-state index in [2.05, 4.69) is 57.2 Å². The Hall–Kier alpha value is 0.459. The maximum Gasteiger partial charge on any atom is 0.133 e. The highest BCUT2D eigenvalue weighted by Gasteiger charge is 2.33. The fraction of sp³-hybridized carbons (Fsp3) is 1.00. The van der Waals surface area contributed by atoms with Crippen molar-refractivity contribution in [3.63, 3.8) is 0 Å². The highest BCUT2D eigenvalue weighted by atomic mass is 28.4. The third-order valence-electron chi connectivity index (χ3n) is 3.03. The number of hydrogen-bond donors (Lipinski definition) is 0. The first-order valence-corrected chi connectivity index (χ1v) is 13.7. The third kappa shape index (κ3) is 6.92. The molecule has 0 fully saturated rings. The Morgan fingerprint density at radius 3 is 1.56 bits per heavy atom. The molecule has 16 heavy (non-hydrogen) atoms. The van der Waals surface area contributed by atoms with E-state index in [0.717, 1.165) is 6.71 Å². The largest absolute Gasteiger partial charge is 0.346 e. The molecule has 0 aromatic heterocycles. The molecule has 0 aliphatic rings. The summed E-state index contributed by atoms with van der Waals surface area (Å²) in [6.07, 6.45) is 4.20. The minimum atomic E-state index is -1.10. The monoisotopic (exact) mass is 257 g/mol. The molecule has 0 rings (SSSR count). The molecule has 0 aromatic carbocycles. The summed E-state index contributed by atoms with van der Waals surface area (Å²) >= 11 is 0. The Kier molecular flexibility index (Phi) is 6.59. The van der Waals surface area contributed by atoms with Crippen molar-refractivity contribution in [3.8, 4) is 0 Å². The Morgan fingerprint density at radius 2 is 1.25 bits per heavy atom. The molecule has 0 spiro atoms. The second-order valence-electron chi connectivity index (χ2n) is 7.38. The normalized spacial score (nSPS) is 13.3. The van der Waals surface area contributed by atoms with Crippen LogP contribution in [-0.2, 0) is 0 Å². The van der Waals surface area contributed by atoms with E-state index in [1.807, 2.05) is 0 Å². The van der Waals surface area contributed by atoms with Gasteiger partial charge in [0.05, 0.1) is 0 Å². The summed E-state index contributed by atoms with van der Waals surface area (Å²) in [5.74, 6) is 0. The lowest BCUT2D eigenvalue weighted by molar-refractivity contribution is 0.573. The molecular weight excluding hydrogens is 225 g/mol. The van der Waals surface area contributed by atoms with E-state index >= 15 is 0 Å². The molecule has 96 valence electrons. The molecule has 0 atom stereocenters. The van der Waals surface area contributed by atoms with E-state index in [4.69, 9.17) is 0 Å². The van der Waals surface area contributed by atoms with E-state index < -0.39 is 16.5 Å². The van der Waals surface area contributed by atoms with Gasteiger partial charge in [-0.15, -0.1) is 0 Å². The molecule has 0 saturated carbocycles. The van der Waals surface area contributed by atoms with Crippen LogP contribution in [-0.4, -0.2) is 34.0 Å². The highest BCUT2D eigenvalue weighted by Crippen LogP contribution is 2.20. The standard InChI is InChI=1S/C12H32BNSi2/c1-13(2)11-9-10-12-14(15(3,4)5)16(6,7)8/h9-12H2,1-8H3. The summed E-state index contributed by atoms with van der Waals surface area (Å²) in [4.78, 5) is 0. The lowest BCUT2D eigenvalue weighted by Crippen LogP contribution is -2.59. The van der Waals surface area contributed by atoms with Gasteiger partial charge in [0, 0.05) is 0 Å². The van der Waals surface area contributed by atoms with Gasteiger partial charge in [0.15, 0.2) is 0 Å². The molecule has 1 nitrogen and oxygen atoms in total. The summed E-state index contributed by atoms with van der Waals surface area (Å²) in [5, 5.41) is 0. The Labute approximate surface area is 106 Å². The van der Waals surface area contributed by atoms with Gasteiger partial charge in [0.2, 0.25) is 0 Å². The molecule has 0 radical (unpaired) electrons. The lowest BCUT2D eigenvalue weighted by Gasteiger charge is -2.43. The second kappa shape index (κ2) is 6.41. The van der Waals surface area contributed by atoms with Crippen LogP contribution >= 0.6 is 0 Å². The van der Waals surface area contributed by atoms with E-state index in [1.165, 1.54) is 25.7 Å². The van der Waals surface area contributed by atoms with Crippen LogP contribution in [0, 0.1) is 0 Å². The molecule has 4 heteroatoms. The smallest absolute Gasteiger partial charge is 0.133 e. The van der Waals surface area contributed by atoms with Gasteiger partial charge in [-0.2, -0.15) is 0 Å². The van der Waals surface area contributed by atoms with Crippen molar-refractivity contribution in [1.82, 2.24) is 4.23 Å². The zero-order valence-corrected chi connectivity index (χ0v) is 14.9. The van der Waals surface area contributed by atoms with Gasteiger partial charge in [0.25, 0.3) is 0 Å². The first kappa shape index (κ1) is 16.5. The predicted octanol–water partition coefficient (Wildman–Crippen LogP) is 4.49. The molecular formula is C12H32BNSi2. The van der Waals surface area contributed by atoms with Gasteiger partial charge in [-0.1, -0.05) is 65.7 Å². The number of nitrogens with zero attached hydrogens (tertiary/aromatic N) is 1. The molecule has 0 aliphatic heterocycles. The van der Waals surface area contributed by atoms with Crippen LogP contribution in [0.4, 0.5) is 0 Å². The van der Waals surface area contributed by atoms with Gasteiger partial charge in [0.1, 0.15) is 23.2 Å². The fourth-order valence-electron chi connectivity index (χ4n) is 2.50. The van der Waals surface area contributed by atoms with E-state index in [1.54, 1.807) is 0 Å². The topological polar surface area (TPSA) is 3.24 Å². The maximum atomic E-state index is 2.90. The quantitative estimate of drug-likeness (QED) is 0.479. The minimum Gasteiger partial charge on any atom is -0.346 e. The van der Waals surface area contributed by atoms with Crippen LogP contribution in [0.2, 0.25) is 59.2 Å². The van der Waals surface area contributed by atoms with E-state index in [9.17, 15) is 0 Å². The van der Waals surface area contributed by atoms with Crippen LogP contribution in [0.5, 0.6) is 0 Å². The summed E-state index contributed by atoms with van der Waals surface area (Å²) < 4.78 is 2.90. The molecule has 0 N–H and O–H groups in total. The molecule has 0 saturated heterocycles. The number of hydrogen-bond acceptors (Lipinski definition) is 1. The highest BCUT2D eigenvalue weighted by molar-refractivity contribution is 6.89. The molecule has 0 amide bonds. The first-order valence-electron chi connectivity index (χ1n) is 6.83. The van der Waals surface area contributed by atoms with E-state index in [-0.39, 0.29) is 0 Å². The summed E-state index contributed by atoms with van der Waals surface area (Å²) in [5.41, 5.74) is 0. The zero-order chi connectivity index (χ0) is 13.0. The van der Waals surface area contributed by atoms with Gasteiger partial charge in [-0.05, 0) is 13.0 Å². The van der Waals surface area contributed by atoms with Crippen LogP contribution in [0.3, 0.4) is 0 Å². The molecule has 0 heterocycles. The maximum absolute atomic E-state index is 2.90. The SMILES string of the molecule is CB(C)CCCCN([Si](C)(C)C)[Si](C)(C)C. The Bertz CT molecular complexity index is 180. The van der Waals surface area contributed by atoms with Crippen LogP contribution in [0.25, 0.3) is 0 Å². The molecule has 0 bridgehead atoms. The van der Waals surface area contributed by atoms with Gasteiger partial charge >= 0.3 is 0 Å². The number of rotatable bonds is 7. The van der Waals surface area contributed by atoms with Gasteiger partial charge in [-0.3, -0.25) is 0 Å². The number of unbranched alkanes of at least 4 members (excludes halogenated alkanes) is 1. The van der Waals surface area contributed by atoms with Crippen molar-refractivity contribution < 1.29 is 0 Å². The molecule has 0 aromatic rings. The van der Waals surface area contributed by atoms with Gasteiger partial charge < -0.3 is 4.23 Å². The average Bonchev–Trinajstić information content (AvgIpc) is 1.97. The van der Waals surface area contributed by atoms with Crippen molar-refractivity contribution in [1.29, 1.82) is 0 Å². The third-order valence-corrected chi connectivity index (χ3v) is 10.7. The Morgan fingerprint density at radius 1 is 0.812 bits per heavy atom. The van der Waals surface area contributed by atoms with Gasteiger partial charge in [-0.25, -0.2) is 0 Å². The fourth-order valence-corrected chi connectivity index (χ4v) is 12.2. The Balaban J connectivity index is 4.16. The van der Waals surface area contributed by atoms with Crippen molar-refractivity contribution in [2.24, 2.45) is 0 Å². The van der Waals surface area contributed by atoms with Crippen molar-refractivity contribution in [3.05, 3.63) is 0 Å². The van der Waals surface area contributed by atoms with Crippen molar-refractivity contribution >= 4 is 23.2 Å². The summed E-state index contributed by atoms with van der Waals surface area (Å²) in [6.45, 7) is 21.8. The molecule has 0 aliphatic carbocycles. The van der Waals surface area contributed by atoms with E-state index in [0.29, 0.717) is 0 Å². The van der Waals surface area contributed by atoms with Crippen LogP contribution in [0.15, 0.2) is 0 Å². The molecule has 0 unspecified atom stereocenters. The second-order valence-corrected chi connectivity index (χ2v) is 17.6. The van der Waals surface area contributed by atoms with Crippen LogP contribution < -0.4 is 0 Å². The predicted molar refractivity (Wildman–Crippen MR) is 84.9 cm³/mol.